The molecule has 1 saturated heterocycles. The predicted octanol–water partition coefficient (Wildman–Crippen LogP) is 3.30. The highest BCUT2D eigenvalue weighted by Crippen LogP contribution is 2.26. The van der Waals surface area contributed by atoms with Crippen LogP contribution in [0.5, 0.6) is 5.75 Å². The van der Waals surface area contributed by atoms with Crippen molar-refractivity contribution in [2.45, 2.75) is 32.9 Å². The molecule has 0 saturated carbocycles. The Kier molecular flexibility index (Phi) is 5.53. The lowest BCUT2D eigenvalue weighted by Crippen LogP contribution is -2.38. The molecule has 1 aromatic heterocycles. The molecule has 6 nitrogen and oxygen atoms in total. The summed E-state index contributed by atoms with van der Waals surface area (Å²) in [4.78, 5) is 16.5. The molecule has 26 heavy (non-hydrogen) atoms. The Morgan fingerprint density at radius 1 is 1.38 bits per heavy atom. The van der Waals surface area contributed by atoms with Crippen LogP contribution in [0.15, 0.2) is 22.7 Å². The molecule has 7 heteroatoms. The van der Waals surface area contributed by atoms with Gasteiger partial charge in [-0.05, 0) is 57.1 Å². The van der Waals surface area contributed by atoms with Gasteiger partial charge in [-0.15, -0.1) is 0 Å². The standard InChI is InChI=1S/C19H24ClN3O3/c1-12-7-15(8-13(2)18(12)20)25-11-16-9-17(21-26-16)19(24)23(4)14-5-6-22(3)10-14/h7-9,14H,5-6,10-11H2,1-4H3/t14-/m1/s1. The fraction of sp³-hybridized carbons (Fsp3) is 0.474. The molecule has 0 unspecified atom stereocenters. The number of ether oxygens (including phenoxy) is 1. The van der Waals surface area contributed by atoms with Crippen molar-refractivity contribution in [1.82, 2.24) is 15.0 Å². The maximum absolute atomic E-state index is 12.6. The van der Waals surface area contributed by atoms with E-state index in [2.05, 4.69) is 17.1 Å². The van der Waals surface area contributed by atoms with E-state index >= 15 is 0 Å². The number of carbonyl (C=O) groups excluding carboxylic acids is 1. The van der Waals surface area contributed by atoms with Crippen molar-refractivity contribution < 1.29 is 14.1 Å². The molecule has 1 aliphatic heterocycles. The largest absolute Gasteiger partial charge is 0.486 e. The SMILES string of the molecule is Cc1cc(OCc2cc(C(=O)N(C)[C@@H]3CCN(C)C3)no2)cc(C)c1Cl. The van der Waals surface area contributed by atoms with E-state index in [4.69, 9.17) is 20.9 Å². The number of aromatic nitrogens is 1. The van der Waals surface area contributed by atoms with E-state index in [0.717, 1.165) is 35.7 Å². The van der Waals surface area contributed by atoms with Gasteiger partial charge in [0.2, 0.25) is 0 Å². The van der Waals surface area contributed by atoms with Crippen LogP contribution >= 0.6 is 11.6 Å². The maximum atomic E-state index is 12.6. The van der Waals surface area contributed by atoms with Gasteiger partial charge in [-0.2, -0.15) is 0 Å². The maximum Gasteiger partial charge on any atom is 0.276 e. The third kappa shape index (κ3) is 4.02. The van der Waals surface area contributed by atoms with E-state index in [9.17, 15) is 4.79 Å². The number of halogens is 1. The van der Waals surface area contributed by atoms with Crippen LogP contribution in [-0.2, 0) is 6.61 Å². The second-order valence-corrected chi connectivity index (χ2v) is 7.34. The number of nitrogens with zero attached hydrogens (tertiary/aromatic N) is 3. The fourth-order valence-electron chi connectivity index (χ4n) is 3.20. The zero-order valence-corrected chi connectivity index (χ0v) is 16.3. The normalized spacial score (nSPS) is 17.5. The summed E-state index contributed by atoms with van der Waals surface area (Å²) in [6.45, 7) is 5.95. The number of hydrogen-bond donors (Lipinski definition) is 0. The van der Waals surface area contributed by atoms with Gasteiger partial charge in [0, 0.05) is 30.7 Å². The monoisotopic (exact) mass is 377 g/mol. The van der Waals surface area contributed by atoms with Gasteiger partial charge in [-0.25, -0.2) is 0 Å². The summed E-state index contributed by atoms with van der Waals surface area (Å²) in [6, 6.07) is 5.61. The molecule has 1 amide bonds. The molecule has 140 valence electrons. The fourth-order valence-corrected chi connectivity index (χ4v) is 3.31. The van der Waals surface area contributed by atoms with Crippen molar-refractivity contribution in [3.8, 4) is 5.75 Å². The van der Waals surface area contributed by atoms with Crippen LogP contribution < -0.4 is 4.74 Å². The van der Waals surface area contributed by atoms with Crippen molar-refractivity contribution >= 4 is 17.5 Å². The van der Waals surface area contributed by atoms with E-state index in [1.165, 1.54) is 0 Å². The number of likely N-dealkylation sites (N-methyl/N-ethyl adjacent to an activating group) is 2. The van der Waals surface area contributed by atoms with Crippen LogP contribution in [0.1, 0.15) is 33.8 Å². The second-order valence-electron chi connectivity index (χ2n) is 6.96. The molecular weight excluding hydrogens is 354 g/mol. The van der Waals surface area contributed by atoms with E-state index < -0.39 is 0 Å². The second kappa shape index (κ2) is 7.68. The van der Waals surface area contributed by atoms with Crippen molar-refractivity contribution in [3.05, 3.63) is 45.8 Å². The van der Waals surface area contributed by atoms with E-state index in [1.54, 1.807) is 11.0 Å². The quantitative estimate of drug-likeness (QED) is 0.800. The van der Waals surface area contributed by atoms with E-state index in [0.29, 0.717) is 17.2 Å². The Morgan fingerprint density at radius 3 is 2.69 bits per heavy atom. The Labute approximate surface area is 158 Å². The number of benzene rings is 1. The molecule has 0 N–H and O–H groups in total. The minimum atomic E-state index is -0.126. The molecule has 0 spiro atoms. The third-order valence-corrected chi connectivity index (χ3v) is 5.40. The number of likely N-dealkylation sites (tertiary alicyclic amines) is 1. The number of rotatable bonds is 5. The highest BCUT2D eigenvalue weighted by molar-refractivity contribution is 6.32. The van der Waals surface area contributed by atoms with Gasteiger partial charge < -0.3 is 19.1 Å². The lowest BCUT2D eigenvalue weighted by atomic mass is 10.1. The number of carbonyl (C=O) groups is 1. The zero-order valence-electron chi connectivity index (χ0n) is 15.6. The molecule has 1 aromatic carbocycles. The Morgan fingerprint density at radius 2 is 2.08 bits per heavy atom. The molecular formula is C19H24ClN3O3. The highest BCUT2D eigenvalue weighted by Gasteiger charge is 2.28. The van der Waals surface area contributed by atoms with E-state index in [-0.39, 0.29) is 18.6 Å². The van der Waals surface area contributed by atoms with Gasteiger partial charge in [-0.1, -0.05) is 16.8 Å². The minimum Gasteiger partial charge on any atom is -0.486 e. The van der Waals surface area contributed by atoms with Gasteiger partial charge in [0.1, 0.15) is 12.4 Å². The predicted molar refractivity (Wildman–Crippen MR) is 99.8 cm³/mol. The van der Waals surface area contributed by atoms with Crippen LogP contribution in [0, 0.1) is 13.8 Å². The molecule has 1 aliphatic rings. The zero-order chi connectivity index (χ0) is 18.8. The third-order valence-electron chi connectivity index (χ3n) is 4.80. The number of aryl methyl sites for hydroxylation is 2. The molecule has 0 radical (unpaired) electrons. The van der Waals surface area contributed by atoms with Crippen molar-refractivity contribution in [2.24, 2.45) is 0 Å². The van der Waals surface area contributed by atoms with Gasteiger partial charge in [-0.3, -0.25) is 4.79 Å². The summed E-state index contributed by atoms with van der Waals surface area (Å²) in [7, 11) is 3.88. The van der Waals surface area contributed by atoms with Crippen molar-refractivity contribution in [2.75, 3.05) is 27.2 Å². The minimum absolute atomic E-state index is 0.126. The van der Waals surface area contributed by atoms with Crippen LogP contribution in [0.2, 0.25) is 5.02 Å². The average Bonchev–Trinajstić information content (AvgIpc) is 3.25. The van der Waals surface area contributed by atoms with Gasteiger partial charge in [0.15, 0.2) is 11.5 Å². The first-order valence-electron chi connectivity index (χ1n) is 8.66. The summed E-state index contributed by atoms with van der Waals surface area (Å²) in [5.74, 6) is 1.09. The Balaban J connectivity index is 1.62. The number of amides is 1. The summed E-state index contributed by atoms with van der Waals surface area (Å²) >= 11 is 6.17. The molecule has 1 atom stereocenters. The molecule has 2 heterocycles. The molecule has 2 aromatic rings. The summed E-state index contributed by atoms with van der Waals surface area (Å²) in [5.41, 5.74) is 2.22. The Hall–Kier alpha value is -2.05. The molecule has 0 aliphatic carbocycles. The lowest BCUT2D eigenvalue weighted by molar-refractivity contribution is 0.0727. The first-order valence-corrected chi connectivity index (χ1v) is 9.03. The summed E-state index contributed by atoms with van der Waals surface area (Å²) in [5, 5.41) is 4.65. The smallest absolute Gasteiger partial charge is 0.276 e. The van der Waals surface area contributed by atoms with E-state index in [1.807, 2.05) is 33.0 Å². The van der Waals surface area contributed by atoms with Crippen LogP contribution in [-0.4, -0.2) is 54.1 Å². The number of hydrogen-bond acceptors (Lipinski definition) is 5. The Bertz CT molecular complexity index is 782. The first-order chi connectivity index (χ1) is 12.3. The molecule has 3 rings (SSSR count). The highest BCUT2D eigenvalue weighted by atomic mass is 35.5. The first kappa shape index (κ1) is 18.7. The average molecular weight is 378 g/mol. The van der Waals surface area contributed by atoms with Gasteiger partial charge >= 0.3 is 0 Å². The summed E-state index contributed by atoms with van der Waals surface area (Å²) < 4.78 is 11.0. The summed E-state index contributed by atoms with van der Waals surface area (Å²) in [6.07, 6.45) is 0.974. The molecule has 0 bridgehead atoms. The molecule has 1 fully saturated rings. The van der Waals surface area contributed by atoms with Crippen LogP contribution in [0.25, 0.3) is 0 Å². The van der Waals surface area contributed by atoms with Gasteiger partial charge in [0.05, 0.1) is 0 Å². The topological polar surface area (TPSA) is 58.8 Å². The van der Waals surface area contributed by atoms with Crippen LogP contribution in [0.4, 0.5) is 0 Å². The van der Waals surface area contributed by atoms with Crippen LogP contribution in [0.3, 0.4) is 0 Å². The van der Waals surface area contributed by atoms with Crippen molar-refractivity contribution in [3.63, 3.8) is 0 Å². The lowest BCUT2D eigenvalue weighted by Gasteiger charge is -2.23. The van der Waals surface area contributed by atoms with Gasteiger partial charge in [0.25, 0.3) is 5.91 Å². The van der Waals surface area contributed by atoms with Crippen molar-refractivity contribution in [1.29, 1.82) is 0 Å².